The van der Waals surface area contributed by atoms with Gasteiger partial charge in [-0.25, -0.2) is 4.79 Å². The fourth-order valence-electron chi connectivity index (χ4n) is 1.05. The lowest BCUT2D eigenvalue weighted by molar-refractivity contribution is -0.132. The molecule has 0 aromatic heterocycles. The minimum atomic E-state index is -1.25. The summed E-state index contributed by atoms with van der Waals surface area (Å²) in [6, 6.07) is -0.878. The third-order valence-electron chi connectivity index (χ3n) is 2.25. The van der Waals surface area contributed by atoms with Gasteiger partial charge in [0.1, 0.15) is 5.54 Å². The summed E-state index contributed by atoms with van der Waals surface area (Å²) in [4.78, 5) is 37.1. The first-order chi connectivity index (χ1) is 7.91. The number of hydrogen-bond acceptors (Lipinski definition) is 6. The Hall–Kier alpha value is -1.80. The van der Waals surface area contributed by atoms with Crippen LogP contribution in [0, 0.1) is 5.92 Å². The molecule has 4 N–H and O–H groups in total. The first-order valence-electron chi connectivity index (χ1n) is 4.84. The summed E-state index contributed by atoms with van der Waals surface area (Å²) in [6.45, 7) is 0.580. The highest BCUT2D eigenvalue weighted by Gasteiger charge is 2.33. The van der Waals surface area contributed by atoms with Gasteiger partial charge in [0.05, 0.1) is 13.2 Å². The molecular weight excluding hydrogens is 230 g/mol. The largest absolute Gasteiger partial charge is 0.394 e. The van der Waals surface area contributed by atoms with Crippen LogP contribution in [0.5, 0.6) is 0 Å². The van der Waals surface area contributed by atoms with E-state index in [0.717, 1.165) is 6.21 Å². The monoisotopic (exact) mass is 243 g/mol. The van der Waals surface area contributed by atoms with E-state index in [1.54, 1.807) is 0 Å². The van der Waals surface area contributed by atoms with Crippen molar-refractivity contribution in [3.8, 4) is 0 Å². The molecule has 4 amide bonds. The second-order valence-electron chi connectivity index (χ2n) is 3.88. The Balaban J connectivity index is 2.80. The summed E-state index contributed by atoms with van der Waals surface area (Å²) >= 11 is 0. The standard InChI is InChI=1S/C9H13N3O5/c1-9(3-13,4-14)10-2-5-6(15)11-8(17)12-7(5)16/h2,5,13-14H,3-4H2,1H3,(H2,11,12,15,16,17). The van der Waals surface area contributed by atoms with Crippen LogP contribution in [-0.4, -0.2) is 53.0 Å². The quantitative estimate of drug-likeness (QED) is 0.328. The van der Waals surface area contributed by atoms with E-state index in [0.29, 0.717) is 0 Å². The molecule has 1 rings (SSSR count). The van der Waals surface area contributed by atoms with Crippen molar-refractivity contribution in [2.75, 3.05) is 13.2 Å². The number of carbonyl (C=O) groups is 3. The van der Waals surface area contributed by atoms with E-state index < -0.39 is 42.5 Å². The molecule has 0 bridgehead atoms. The lowest BCUT2D eigenvalue weighted by atomic mass is 10.0. The van der Waals surface area contributed by atoms with E-state index in [9.17, 15) is 14.4 Å². The van der Waals surface area contributed by atoms with Gasteiger partial charge in [-0.05, 0) is 6.92 Å². The molecule has 17 heavy (non-hydrogen) atoms. The zero-order valence-corrected chi connectivity index (χ0v) is 9.14. The Morgan fingerprint density at radius 2 is 1.71 bits per heavy atom. The number of aliphatic imine (C=N–C) groups is 1. The normalized spacial score (nSPS) is 18.4. The molecule has 0 atom stereocenters. The molecule has 1 saturated heterocycles. The first kappa shape index (κ1) is 13.3. The summed E-state index contributed by atoms with van der Waals surface area (Å²) in [6.07, 6.45) is 1.00. The molecule has 0 saturated carbocycles. The number of amides is 4. The highest BCUT2D eigenvalue weighted by molar-refractivity contribution is 6.23. The van der Waals surface area contributed by atoms with Crippen LogP contribution in [0.2, 0.25) is 0 Å². The summed E-state index contributed by atoms with van der Waals surface area (Å²) in [5.41, 5.74) is -1.16. The summed E-state index contributed by atoms with van der Waals surface area (Å²) in [7, 11) is 0. The summed E-state index contributed by atoms with van der Waals surface area (Å²) in [5, 5.41) is 21.7. The zero-order chi connectivity index (χ0) is 13.1. The van der Waals surface area contributed by atoms with Crippen molar-refractivity contribution >= 4 is 24.1 Å². The fraction of sp³-hybridized carbons (Fsp3) is 0.556. The van der Waals surface area contributed by atoms with Gasteiger partial charge < -0.3 is 10.2 Å². The fourth-order valence-corrected chi connectivity index (χ4v) is 1.05. The van der Waals surface area contributed by atoms with Crippen molar-refractivity contribution in [2.24, 2.45) is 10.9 Å². The number of urea groups is 1. The lowest BCUT2D eigenvalue weighted by Gasteiger charge is -2.21. The molecule has 1 fully saturated rings. The Morgan fingerprint density at radius 1 is 1.24 bits per heavy atom. The van der Waals surface area contributed by atoms with Crippen LogP contribution < -0.4 is 10.6 Å². The Morgan fingerprint density at radius 3 is 2.12 bits per heavy atom. The van der Waals surface area contributed by atoms with Crippen LogP contribution in [0.4, 0.5) is 4.79 Å². The number of nitrogens with zero attached hydrogens (tertiary/aromatic N) is 1. The number of barbiturate groups is 1. The molecule has 1 heterocycles. The van der Waals surface area contributed by atoms with Crippen LogP contribution >= 0.6 is 0 Å². The van der Waals surface area contributed by atoms with Crippen LogP contribution in [0.25, 0.3) is 0 Å². The maximum atomic E-state index is 11.3. The third-order valence-corrected chi connectivity index (χ3v) is 2.25. The van der Waals surface area contributed by atoms with Gasteiger partial charge in [0.2, 0.25) is 11.8 Å². The lowest BCUT2D eigenvalue weighted by Crippen LogP contribution is -2.56. The molecule has 0 spiro atoms. The Labute approximate surface area is 96.7 Å². The average molecular weight is 243 g/mol. The van der Waals surface area contributed by atoms with Gasteiger partial charge in [-0.1, -0.05) is 0 Å². The van der Waals surface area contributed by atoms with E-state index in [1.165, 1.54) is 6.92 Å². The predicted molar refractivity (Wildman–Crippen MR) is 56.2 cm³/mol. The van der Waals surface area contributed by atoms with Crippen molar-refractivity contribution < 1.29 is 24.6 Å². The minimum absolute atomic E-state index is 0.436. The number of aliphatic hydroxyl groups is 2. The third kappa shape index (κ3) is 3.08. The van der Waals surface area contributed by atoms with Crippen LogP contribution in [0.15, 0.2) is 4.99 Å². The van der Waals surface area contributed by atoms with Gasteiger partial charge in [0.25, 0.3) is 0 Å². The van der Waals surface area contributed by atoms with Gasteiger partial charge in [-0.3, -0.25) is 25.2 Å². The molecule has 94 valence electrons. The SMILES string of the molecule is CC(CO)(CO)N=CC1C(=O)NC(=O)NC1=O. The van der Waals surface area contributed by atoms with E-state index in [1.807, 2.05) is 10.6 Å². The molecule has 0 aromatic carbocycles. The number of hydrogen-bond donors (Lipinski definition) is 4. The number of aliphatic hydroxyl groups excluding tert-OH is 2. The topological polar surface area (TPSA) is 128 Å². The van der Waals surface area contributed by atoms with Gasteiger partial charge >= 0.3 is 6.03 Å². The number of imide groups is 2. The van der Waals surface area contributed by atoms with Gasteiger partial charge in [0, 0.05) is 6.21 Å². The Kier molecular flexibility index (Phi) is 3.92. The summed E-state index contributed by atoms with van der Waals surface area (Å²) in [5.74, 6) is -2.83. The van der Waals surface area contributed by atoms with E-state index in [4.69, 9.17) is 10.2 Å². The second kappa shape index (κ2) is 5.02. The van der Waals surface area contributed by atoms with Crippen LogP contribution in [-0.2, 0) is 9.59 Å². The van der Waals surface area contributed by atoms with Crippen molar-refractivity contribution in [3.63, 3.8) is 0 Å². The molecule has 1 aliphatic rings. The number of carbonyl (C=O) groups excluding carboxylic acids is 3. The van der Waals surface area contributed by atoms with Crippen LogP contribution in [0.3, 0.4) is 0 Å². The molecule has 1 aliphatic heterocycles. The van der Waals surface area contributed by atoms with Crippen molar-refractivity contribution in [1.82, 2.24) is 10.6 Å². The molecule has 0 unspecified atom stereocenters. The highest BCUT2D eigenvalue weighted by atomic mass is 16.3. The zero-order valence-electron chi connectivity index (χ0n) is 9.14. The second-order valence-corrected chi connectivity index (χ2v) is 3.88. The van der Waals surface area contributed by atoms with Crippen molar-refractivity contribution in [1.29, 1.82) is 0 Å². The van der Waals surface area contributed by atoms with E-state index >= 15 is 0 Å². The summed E-state index contributed by atoms with van der Waals surface area (Å²) < 4.78 is 0. The van der Waals surface area contributed by atoms with Crippen molar-refractivity contribution in [3.05, 3.63) is 0 Å². The predicted octanol–water partition coefficient (Wildman–Crippen LogP) is -2.22. The van der Waals surface area contributed by atoms with Gasteiger partial charge in [0.15, 0.2) is 5.92 Å². The molecule has 0 aromatic rings. The molecule has 8 heteroatoms. The molecule has 0 radical (unpaired) electrons. The average Bonchev–Trinajstić information content (AvgIpc) is 2.27. The van der Waals surface area contributed by atoms with Crippen molar-refractivity contribution in [2.45, 2.75) is 12.5 Å². The number of nitrogens with one attached hydrogen (secondary N) is 2. The van der Waals surface area contributed by atoms with Gasteiger partial charge in [-0.2, -0.15) is 0 Å². The maximum Gasteiger partial charge on any atom is 0.328 e. The van der Waals surface area contributed by atoms with Gasteiger partial charge in [-0.15, -0.1) is 0 Å². The molecule has 0 aliphatic carbocycles. The Bertz CT molecular complexity index is 355. The van der Waals surface area contributed by atoms with E-state index in [2.05, 4.69) is 4.99 Å². The van der Waals surface area contributed by atoms with E-state index in [-0.39, 0.29) is 0 Å². The first-order valence-corrected chi connectivity index (χ1v) is 4.84. The highest BCUT2D eigenvalue weighted by Crippen LogP contribution is 2.09. The molecule has 8 nitrogen and oxygen atoms in total. The minimum Gasteiger partial charge on any atom is -0.394 e. The van der Waals surface area contributed by atoms with Crippen LogP contribution in [0.1, 0.15) is 6.92 Å². The number of rotatable bonds is 4. The molecular formula is C9H13N3O5. The smallest absolute Gasteiger partial charge is 0.328 e. The maximum absolute atomic E-state index is 11.3.